The van der Waals surface area contributed by atoms with E-state index in [0.717, 1.165) is 12.1 Å². The van der Waals surface area contributed by atoms with Crippen LogP contribution in [0.5, 0.6) is 0 Å². The average molecular weight is 183 g/mol. The first-order valence-electron chi connectivity index (χ1n) is 5.25. The highest BCUT2D eigenvalue weighted by Crippen LogP contribution is 2.04. The van der Waals surface area contributed by atoms with Crippen LogP contribution in [0.25, 0.3) is 0 Å². The van der Waals surface area contributed by atoms with Gasteiger partial charge in [-0.3, -0.25) is 0 Å². The summed E-state index contributed by atoms with van der Waals surface area (Å²) in [5, 5.41) is 3.42. The normalized spacial score (nSPS) is 15.9. The standard InChI is InChI=1S/C12H14BN/c1-2-6-12(7-3-1)8-10-13-9-4-5-11-14-13/h1-3,6-7,14H,4-5,9,11H2. The van der Waals surface area contributed by atoms with Crippen LogP contribution in [-0.2, 0) is 0 Å². The van der Waals surface area contributed by atoms with Gasteiger partial charge in [-0.1, -0.05) is 30.5 Å². The molecular weight excluding hydrogens is 169 g/mol. The Balaban J connectivity index is 1.99. The molecular formula is C12H14BN. The minimum absolute atomic E-state index is 0.406. The number of hydrogen-bond donors (Lipinski definition) is 1. The van der Waals surface area contributed by atoms with Crippen LogP contribution in [0.4, 0.5) is 0 Å². The Kier molecular flexibility index (Phi) is 3.26. The summed E-state index contributed by atoms with van der Waals surface area (Å²) in [5.41, 5.74) is 1.11. The number of benzene rings is 1. The van der Waals surface area contributed by atoms with Crippen molar-refractivity contribution in [3.63, 3.8) is 0 Å². The van der Waals surface area contributed by atoms with Gasteiger partial charge >= 0.3 is 6.85 Å². The Morgan fingerprint density at radius 3 is 2.71 bits per heavy atom. The summed E-state index contributed by atoms with van der Waals surface area (Å²) in [5.74, 6) is 6.48. The van der Waals surface area contributed by atoms with Gasteiger partial charge in [0.1, 0.15) is 0 Å². The molecule has 0 atom stereocenters. The van der Waals surface area contributed by atoms with Crippen LogP contribution in [0.1, 0.15) is 18.4 Å². The third-order valence-corrected chi connectivity index (χ3v) is 2.47. The molecule has 1 aromatic rings. The van der Waals surface area contributed by atoms with Gasteiger partial charge in [0, 0.05) is 5.56 Å². The van der Waals surface area contributed by atoms with Gasteiger partial charge in [-0.25, -0.2) is 0 Å². The van der Waals surface area contributed by atoms with E-state index in [1.54, 1.807) is 0 Å². The molecule has 1 heterocycles. The molecule has 1 fully saturated rings. The van der Waals surface area contributed by atoms with Crippen molar-refractivity contribution >= 4 is 6.85 Å². The van der Waals surface area contributed by atoms with Crippen molar-refractivity contribution in [3.8, 4) is 11.7 Å². The fourth-order valence-electron chi connectivity index (χ4n) is 1.67. The number of nitrogens with one attached hydrogen (secondary N) is 1. The lowest BCUT2D eigenvalue weighted by atomic mass is 9.57. The van der Waals surface area contributed by atoms with Crippen LogP contribution in [-0.4, -0.2) is 13.4 Å². The van der Waals surface area contributed by atoms with Gasteiger partial charge in [0.15, 0.2) is 0 Å². The van der Waals surface area contributed by atoms with Crippen molar-refractivity contribution in [1.29, 1.82) is 0 Å². The van der Waals surface area contributed by atoms with Gasteiger partial charge in [-0.2, -0.15) is 0 Å². The fraction of sp³-hybridized carbons (Fsp3) is 0.333. The van der Waals surface area contributed by atoms with Gasteiger partial charge in [0.25, 0.3) is 0 Å². The summed E-state index contributed by atoms with van der Waals surface area (Å²) in [6.45, 7) is 1.53. The molecule has 14 heavy (non-hydrogen) atoms. The third-order valence-electron chi connectivity index (χ3n) is 2.47. The van der Waals surface area contributed by atoms with E-state index in [0.29, 0.717) is 6.85 Å². The summed E-state index contributed by atoms with van der Waals surface area (Å²) >= 11 is 0. The van der Waals surface area contributed by atoms with Gasteiger partial charge in [-0.15, -0.1) is 5.82 Å². The summed E-state index contributed by atoms with van der Waals surface area (Å²) in [6, 6.07) is 10.2. The number of rotatable bonds is 0. The first-order chi connectivity index (χ1) is 6.95. The molecule has 0 radical (unpaired) electrons. The van der Waals surface area contributed by atoms with Crippen molar-refractivity contribution in [2.45, 2.75) is 19.2 Å². The maximum Gasteiger partial charge on any atom is 0.309 e. The lowest BCUT2D eigenvalue weighted by molar-refractivity contribution is 0.715. The highest BCUT2D eigenvalue weighted by Gasteiger charge is 2.13. The van der Waals surface area contributed by atoms with Crippen LogP contribution in [0.15, 0.2) is 30.3 Å². The number of hydrogen-bond acceptors (Lipinski definition) is 1. The van der Waals surface area contributed by atoms with E-state index >= 15 is 0 Å². The molecule has 2 heteroatoms. The largest absolute Gasteiger partial charge is 0.345 e. The lowest BCUT2D eigenvalue weighted by Gasteiger charge is -2.14. The SMILES string of the molecule is C(#Cc1ccccc1)B1CCCCN1. The smallest absolute Gasteiger partial charge is 0.309 e. The third kappa shape index (κ3) is 2.65. The van der Waals surface area contributed by atoms with E-state index in [1.807, 2.05) is 18.2 Å². The highest BCUT2D eigenvalue weighted by molar-refractivity contribution is 6.65. The van der Waals surface area contributed by atoms with Crippen LogP contribution in [0.3, 0.4) is 0 Å². The van der Waals surface area contributed by atoms with Crippen LogP contribution >= 0.6 is 0 Å². The molecule has 1 aliphatic rings. The first-order valence-corrected chi connectivity index (χ1v) is 5.25. The van der Waals surface area contributed by atoms with Crippen molar-refractivity contribution in [1.82, 2.24) is 5.23 Å². The van der Waals surface area contributed by atoms with E-state index in [2.05, 4.69) is 29.1 Å². The predicted molar refractivity (Wildman–Crippen MR) is 61.1 cm³/mol. The van der Waals surface area contributed by atoms with Crippen molar-refractivity contribution in [2.75, 3.05) is 6.54 Å². The fourth-order valence-corrected chi connectivity index (χ4v) is 1.67. The highest BCUT2D eigenvalue weighted by atomic mass is 14.8. The zero-order valence-corrected chi connectivity index (χ0v) is 8.29. The second kappa shape index (κ2) is 4.88. The summed E-state index contributed by atoms with van der Waals surface area (Å²) in [6.07, 6.45) is 3.80. The average Bonchev–Trinajstić information content (AvgIpc) is 2.29. The summed E-state index contributed by atoms with van der Waals surface area (Å²) < 4.78 is 0. The molecule has 1 aliphatic heterocycles. The summed E-state index contributed by atoms with van der Waals surface area (Å²) in [4.78, 5) is 0. The molecule has 1 aromatic carbocycles. The van der Waals surface area contributed by atoms with E-state index in [9.17, 15) is 0 Å². The Morgan fingerprint density at radius 1 is 1.14 bits per heavy atom. The molecule has 1 saturated heterocycles. The molecule has 0 aromatic heterocycles. The van der Waals surface area contributed by atoms with E-state index in [-0.39, 0.29) is 0 Å². The Hall–Kier alpha value is -1.20. The molecule has 0 bridgehead atoms. The molecule has 0 spiro atoms. The molecule has 0 saturated carbocycles. The van der Waals surface area contributed by atoms with Gasteiger partial charge in [0.05, 0.1) is 0 Å². The predicted octanol–water partition coefficient (Wildman–Crippen LogP) is 1.95. The minimum Gasteiger partial charge on any atom is -0.345 e. The maximum atomic E-state index is 3.42. The Bertz CT molecular complexity index is 330. The second-order valence-corrected chi connectivity index (χ2v) is 3.64. The summed E-state index contributed by atoms with van der Waals surface area (Å²) in [7, 11) is 0. The minimum atomic E-state index is 0.406. The van der Waals surface area contributed by atoms with Gasteiger partial charge in [-0.05, 0) is 31.4 Å². The van der Waals surface area contributed by atoms with Gasteiger partial charge < -0.3 is 5.23 Å². The quantitative estimate of drug-likeness (QED) is 0.478. The van der Waals surface area contributed by atoms with E-state index in [1.165, 1.54) is 19.2 Å². The van der Waals surface area contributed by atoms with E-state index < -0.39 is 0 Å². The second-order valence-electron chi connectivity index (χ2n) is 3.64. The lowest BCUT2D eigenvalue weighted by Crippen LogP contribution is -2.37. The van der Waals surface area contributed by atoms with E-state index in [4.69, 9.17) is 0 Å². The monoisotopic (exact) mass is 183 g/mol. The Labute approximate surface area is 86.0 Å². The zero-order chi connectivity index (χ0) is 9.64. The molecule has 70 valence electrons. The molecule has 0 unspecified atom stereocenters. The Morgan fingerprint density at radius 2 is 2.00 bits per heavy atom. The van der Waals surface area contributed by atoms with Crippen molar-refractivity contribution in [2.24, 2.45) is 0 Å². The van der Waals surface area contributed by atoms with Crippen molar-refractivity contribution in [3.05, 3.63) is 35.9 Å². The van der Waals surface area contributed by atoms with Crippen LogP contribution in [0.2, 0.25) is 6.32 Å². The molecule has 0 amide bonds. The van der Waals surface area contributed by atoms with Crippen LogP contribution in [0, 0.1) is 11.7 Å². The molecule has 0 aliphatic carbocycles. The molecule has 1 nitrogen and oxygen atoms in total. The van der Waals surface area contributed by atoms with Crippen LogP contribution < -0.4 is 5.23 Å². The van der Waals surface area contributed by atoms with Crippen molar-refractivity contribution < 1.29 is 0 Å². The molecule has 1 N–H and O–H groups in total. The first kappa shape index (κ1) is 9.36. The van der Waals surface area contributed by atoms with Gasteiger partial charge in [0.2, 0.25) is 0 Å². The molecule has 2 rings (SSSR count). The topological polar surface area (TPSA) is 12.0 Å². The maximum absolute atomic E-state index is 3.42. The zero-order valence-electron chi connectivity index (χ0n) is 8.29.